The van der Waals surface area contributed by atoms with Crippen LogP contribution in [0.25, 0.3) is 0 Å². The van der Waals surface area contributed by atoms with Gasteiger partial charge in [-0.3, -0.25) is 0 Å². The lowest BCUT2D eigenvalue weighted by molar-refractivity contribution is 0.238. The largest absolute Gasteiger partial charge is 0.400 e. The van der Waals surface area contributed by atoms with Gasteiger partial charge in [-0.1, -0.05) is 104 Å². The monoisotopic (exact) mass is 340 g/mol. The maximum atomic E-state index is 7.00. The van der Waals surface area contributed by atoms with Crippen LogP contribution >= 0.6 is 0 Å². The Kier molecular flexibility index (Phi) is 25.8. The molecule has 0 saturated heterocycles. The molecule has 2 nitrogen and oxygen atoms in total. The maximum absolute atomic E-state index is 7.00. The molecule has 0 radical (unpaired) electrons. The average molecular weight is 341 g/mol. The minimum atomic E-state index is 0.712. The summed E-state index contributed by atoms with van der Waals surface area (Å²) in [7, 11) is 2.00. The molecule has 1 aliphatic carbocycles. The van der Waals surface area contributed by atoms with Gasteiger partial charge in [0, 0.05) is 14.2 Å². The molecular formula is C22H44O2. The summed E-state index contributed by atoms with van der Waals surface area (Å²) in [4.78, 5) is 0. The molecule has 2 heteroatoms. The van der Waals surface area contributed by atoms with Gasteiger partial charge in [-0.05, 0) is 23.3 Å². The van der Waals surface area contributed by atoms with Crippen molar-refractivity contribution in [2.75, 3.05) is 14.2 Å². The number of benzene rings is 1. The molecule has 1 aliphatic rings. The van der Waals surface area contributed by atoms with Crippen molar-refractivity contribution in [1.82, 2.24) is 0 Å². The van der Waals surface area contributed by atoms with E-state index in [1.807, 2.05) is 27.7 Å². The third-order valence-electron chi connectivity index (χ3n) is 4.51. The lowest BCUT2D eigenvalue weighted by Crippen LogP contribution is -2.20. The fourth-order valence-corrected chi connectivity index (χ4v) is 3.13. The highest BCUT2D eigenvalue weighted by Gasteiger charge is 2.24. The predicted molar refractivity (Wildman–Crippen MR) is 110 cm³/mol. The minimum Gasteiger partial charge on any atom is -0.400 e. The van der Waals surface area contributed by atoms with Crippen LogP contribution in [0.1, 0.15) is 85.1 Å². The first-order chi connectivity index (χ1) is 11.8. The van der Waals surface area contributed by atoms with E-state index in [-0.39, 0.29) is 0 Å². The maximum Gasteiger partial charge on any atom is 0.0319 e. The fourth-order valence-electron chi connectivity index (χ4n) is 3.13. The smallest absolute Gasteiger partial charge is 0.0319 e. The van der Waals surface area contributed by atoms with Crippen molar-refractivity contribution >= 4 is 0 Å². The molecule has 0 aliphatic heterocycles. The van der Waals surface area contributed by atoms with Crippen LogP contribution in [0.3, 0.4) is 0 Å². The summed E-state index contributed by atoms with van der Waals surface area (Å²) in [5.41, 5.74) is 1.51. The molecule has 0 aromatic heterocycles. The zero-order valence-corrected chi connectivity index (χ0v) is 17.5. The molecule has 0 heterocycles. The fraction of sp³-hybridized carbons (Fsp3) is 0.727. The van der Waals surface area contributed by atoms with Crippen LogP contribution < -0.4 is 0 Å². The Morgan fingerprint density at radius 1 is 0.750 bits per heavy atom. The van der Waals surface area contributed by atoms with Crippen LogP contribution in [0.5, 0.6) is 0 Å². The molecule has 2 unspecified atom stereocenters. The van der Waals surface area contributed by atoms with Gasteiger partial charge in [0.05, 0.1) is 0 Å². The summed E-state index contributed by atoms with van der Waals surface area (Å²) in [5, 5.41) is 14.0. The van der Waals surface area contributed by atoms with E-state index < -0.39 is 0 Å². The zero-order valence-electron chi connectivity index (χ0n) is 17.5. The predicted octanol–water partition coefficient (Wildman–Crippen LogP) is 6.28. The summed E-state index contributed by atoms with van der Waals surface area (Å²) in [6.07, 6.45) is 7.28. The van der Waals surface area contributed by atoms with Gasteiger partial charge in [0.2, 0.25) is 0 Å². The van der Waals surface area contributed by atoms with Crippen LogP contribution in [-0.4, -0.2) is 24.4 Å². The van der Waals surface area contributed by atoms with E-state index in [0.29, 0.717) is 5.92 Å². The highest BCUT2D eigenvalue weighted by molar-refractivity contribution is 5.19. The first kappa shape index (κ1) is 28.0. The van der Waals surface area contributed by atoms with Gasteiger partial charge in [-0.15, -0.1) is 0 Å². The van der Waals surface area contributed by atoms with Crippen molar-refractivity contribution in [3.8, 4) is 0 Å². The van der Waals surface area contributed by atoms with Gasteiger partial charge in [0.1, 0.15) is 0 Å². The number of aliphatic hydroxyl groups excluding tert-OH is 2. The molecule has 1 fully saturated rings. The van der Waals surface area contributed by atoms with Crippen molar-refractivity contribution in [3.05, 3.63) is 35.9 Å². The molecule has 2 rings (SSSR count). The molecule has 0 spiro atoms. The van der Waals surface area contributed by atoms with E-state index in [1.54, 1.807) is 0 Å². The Hall–Kier alpha value is -0.860. The SMILES string of the molecule is CC.CC.CC(c1ccccc1)C(C)C1CCCCC1.CO.CO. The second-order valence-corrected chi connectivity index (χ2v) is 5.46. The first-order valence-electron chi connectivity index (χ1n) is 9.73. The molecule has 1 saturated carbocycles. The topological polar surface area (TPSA) is 40.5 Å². The Labute approximate surface area is 152 Å². The molecule has 144 valence electrons. The van der Waals surface area contributed by atoms with Crippen LogP contribution in [0.4, 0.5) is 0 Å². The summed E-state index contributed by atoms with van der Waals surface area (Å²) < 4.78 is 0. The van der Waals surface area contributed by atoms with E-state index in [1.165, 1.54) is 37.7 Å². The third-order valence-corrected chi connectivity index (χ3v) is 4.51. The van der Waals surface area contributed by atoms with E-state index in [9.17, 15) is 0 Å². The number of hydrogen-bond acceptors (Lipinski definition) is 2. The van der Waals surface area contributed by atoms with Gasteiger partial charge in [-0.25, -0.2) is 0 Å². The summed E-state index contributed by atoms with van der Waals surface area (Å²) in [6, 6.07) is 11.0. The molecular weight excluding hydrogens is 296 g/mol. The highest BCUT2D eigenvalue weighted by Crippen LogP contribution is 2.37. The molecule has 2 atom stereocenters. The minimum absolute atomic E-state index is 0.712. The molecule has 24 heavy (non-hydrogen) atoms. The summed E-state index contributed by atoms with van der Waals surface area (Å²) >= 11 is 0. The van der Waals surface area contributed by atoms with Crippen molar-refractivity contribution in [2.45, 2.75) is 79.6 Å². The molecule has 2 N–H and O–H groups in total. The number of hydrogen-bond donors (Lipinski definition) is 2. The summed E-state index contributed by atoms with van der Waals surface area (Å²) in [6.45, 7) is 12.8. The lowest BCUT2D eigenvalue weighted by Gasteiger charge is -2.32. The van der Waals surface area contributed by atoms with Crippen molar-refractivity contribution < 1.29 is 10.2 Å². The van der Waals surface area contributed by atoms with Gasteiger partial charge >= 0.3 is 0 Å². The third kappa shape index (κ3) is 11.6. The second kappa shape index (κ2) is 22.1. The van der Waals surface area contributed by atoms with E-state index >= 15 is 0 Å². The molecule has 0 amide bonds. The molecule has 0 bridgehead atoms. The Balaban J connectivity index is -0.000000484. The number of aliphatic hydroxyl groups is 2. The quantitative estimate of drug-likeness (QED) is 0.680. The van der Waals surface area contributed by atoms with Crippen LogP contribution in [0.15, 0.2) is 30.3 Å². The van der Waals surface area contributed by atoms with Crippen molar-refractivity contribution in [3.63, 3.8) is 0 Å². The normalized spacial score (nSPS) is 15.4. The Morgan fingerprint density at radius 3 is 1.58 bits per heavy atom. The standard InChI is InChI=1S/C16H24.2C2H6.2CH4O/c1-13(15-9-5-3-6-10-15)14(2)16-11-7-4-8-12-16;4*1-2/h3,5-6,9-10,13-14,16H,4,7-8,11-12H2,1-2H3;2*1-2H3;2*2H,1H3. The lowest BCUT2D eigenvalue weighted by atomic mass is 9.74. The molecule has 1 aromatic carbocycles. The van der Waals surface area contributed by atoms with Gasteiger partial charge in [0.15, 0.2) is 0 Å². The van der Waals surface area contributed by atoms with Crippen LogP contribution in [0.2, 0.25) is 0 Å². The van der Waals surface area contributed by atoms with Gasteiger partial charge in [-0.2, -0.15) is 0 Å². The first-order valence-corrected chi connectivity index (χ1v) is 9.73. The Morgan fingerprint density at radius 2 is 1.17 bits per heavy atom. The van der Waals surface area contributed by atoms with Crippen molar-refractivity contribution in [2.24, 2.45) is 11.8 Å². The van der Waals surface area contributed by atoms with Crippen LogP contribution in [-0.2, 0) is 0 Å². The molecule has 1 aromatic rings. The van der Waals surface area contributed by atoms with E-state index in [0.717, 1.165) is 26.1 Å². The van der Waals surface area contributed by atoms with E-state index in [4.69, 9.17) is 10.2 Å². The van der Waals surface area contributed by atoms with Crippen molar-refractivity contribution in [1.29, 1.82) is 0 Å². The van der Waals surface area contributed by atoms with Crippen LogP contribution in [0, 0.1) is 11.8 Å². The highest BCUT2D eigenvalue weighted by atomic mass is 16.2. The number of rotatable bonds is 3. The summed E-state index contributed by atoms with van der Waals surface area (Å²) in [5.74, 6) is 2.51. The second-order valence-electron chi connectivity index (χ2n) is 5.46. The zero-order chi connectivity index (χ0) is 19.4. The Bertz CT molecular complexity index is 305. The van der Waals surface area contributed by atoms with Gasteiger partial charge < -0.3 is 10.2 Å². The van der Waals surface area contributed by atoms with Gasteiger partial charge in [0.25, 0.3) is 0 Å². The average Bonchev–Trinajstić information content (AvgIpc) is 2.74. The van der Waals surface area contributed by atoms with E-state index in [2.05, 4.69) is 44.2 Å².